The molecule has 0 N–H and O–H groups in total. The van der Waals surface area contributed by atoms with Crippen LogP contribution in [-0.4, -0.2) is 9.61 Å². The highest BCUT2D eigenvalue weighted by molar-refractivity contribution is 6.35. The van der Waals surface area contributed by atoms with Crippen LogP contribution in [0.1, 0.15) is 25.3 Å². The molecule has 0 spiro atoms. The molecule has 0 aliphatic carbocycles. The van der Waals surface area contributed by atoms with Crippen molar-refractivity contribution in [1.82, 2.24) is 9.61 Å². The number of hydrogen-bond acceptors (Lipinski definition) is 1. The van der Waals surface area contributed by atoms with Gasteiger partial charge in [0, 0.05) is 16.8 Å². The lowest BCUT2D eigenvalue weighted by atomic mass is 10.0. The first kappa shape index (κ1) is 9.81. The SMILES string of the molecule is CC(C)c1c(Cl)ccn2ncc(Cl)c12. The molecule has 0 bridgehead atoms. The smallest absolute Gasteiger partial charge is 0.0897 e. The minimum Gasteiger partial charge on any atom is -0.239 e. The molecule has 2 rings (SSSR count). The second-order valence-electron chi connectivity index (χ2n) is 3.52. The molecule has 0 aliphatic heterocycles. The second-order valence-corrected chi connectivity index (χ2v) is 4.33. The summed E-state index contributed by atoms with van der Waals surface area (Å²) in [6.45, 7) is 4.18. The third-order valence-electron chi connectivity index (χ3n) is 2.20. The van der Waals surface area contributed by atoms with E-state index in [2.05, 4.69) is 18.9 Å². The van der Waals surface area contributed by atoms with E-state index < -0.39 is 0 Å². The quantitative estimate of drug-likeness (QED) is 0.727. The molecule has 2 aromatic heterocycles. The van der Waals surface area contributed by atoms with Gasteiger partial charge < -0.3 is 0 Å². The average Bonchev–Trinajstić information content (AvgIpc) is 2.47. The van der Waals surface area contributed by atoms with Crippen LogP contribution in [0.4, 0.5) is 0 Å². The van der Waals surface area contributed by atoms with Crippen LogP contribution in [0.2, 0.25) is 10.0 Å². The van der Waals surface area contributed by atoms with Crippen molar-refractivity contribution in [2.24, 2.45) is 0 Å². The van der Waals surface area contributed by atoms with Crippen molar-refractivity contribution in [2.75, 3.05) is 0 Å². The lowest BCUT2D eigenvalue weighted by Gasteiger charge is -2.10. The second kappa shape index (κ2) is 3.44. The van der Waals surface area contributed by atoms with Crippen molar-refractivity contribution in [3.05, 3.63) is 34.1 Å². The Morgan fingerprint density at radius 1 is 1.29 bits per heavy atom. The van der Waals surface area contributed by atoms with E-state index in [0.29, 0.717) is 10.9 Å². The van der Waals surface area contributed by atoms with Gasteiger partial charge in [0.2, 0.25) is 0 Å². The van der Waals surface area contributed by atoms with E-state index in [9.17, 15) is 0 Å². The summed E-state index contributed by atoms with van der Waals surface area (Å²) in [6, 6.07) is 1.84. The Morgan fingerprint density at radius 3 is 2.64 bits per heavy atom. The van der Waals surface area contributed by atoms with Gasteiger partial charge >= 0.3 is 0 Å². The summed E-state index contributed by atoms with van der Waals surface area (Å²) in [7, 11) is 0. The molecule has 74 valence electrons. The van der Waals surface area contributed by atoms with Crippen LogP contribution in [0.15, 0.2) is 18.5 Å². The number of nitrogens with zero attached hydrogens (tertiary/aromatic N) is 2. The van der Waals surface area contributed by atoms with Gasteiger partial charge in [0.1, 0.15) is 0 Å². The Balaban J connectivity index is 2.87. The zero-order valence-corrected chi connectivity index (χ0v) is 9.47. The molecule has 0 aliphatic rings. The predicted molar refractivity (Wildman–Crippen MR) is 59.3 cm³/mol. The van der Waals surface area contributed by atoms with Crippen LogP contribution in [0.5, 0.6) is 0 Å². The Labute approximate surface area is 92.4 Å². The van der Waals surface area contributed by atoms with Crippen molar-refractivity contribution in [3.63, 3.8) is 0 Å². The minimum absolute atomic E-state index is 0.334. The Morgan fingerprint density at radius 2 is 2.00 bits per heavy atom. The van der Waals surface area contributed by atoms with Gasteiger partial charge in [0.05, 0.1) is 16.7 Å². The van der Waals surface area contributed by atoms with Gasteiger partial charge in [-0.2, -0.15) is 5.10 Å². The number of halogens is 2. The van der Waals surface area contributed by atoms with Crippen molar-refractivity contribution >= 4 is 28.7 Å². The van der Waals surface area contributed by atoms with Crippen LogP contribution in [0, 0.1) is 0 Å². The third kappa shape index (κ3) is 1.39. The normalized spacial score (nSPS) is 11.5. The molecule has 0 unspecified atom stereocenters. The molecule has 4 heteroatoms. The highest BCUT2D eigenvalue weighted by Gasteiger charge is 2.13. The van der Waals surface area contributed by atoms with Crippen molar-refractivity contribution in [2.45, 2.75) is 19.8 Å². The molecule has 0 aromatic carbocycles. The first-order valence-electron chi connectivity index (χ1n) is 4.42. The van der Waals surface area contributed by atoms with E-state index >= 15 is 0 Å². The molecule has 2 heterocycles. The van der Waals surface area contributed by atoms with Crippen LogP contribution in [-0.2, 0) is 0 Å². The number of pyridine rings is 1. The van der Waals surface area contributed by atoms with Gasteiger partial charge in [0.25, 0.3) is 0 Å². The topological polar surface area (TPSA) is 17.3 Å². The van der Waals surface area contributed by atoms with Crippen LogP contribution in [0.25, 0.3) is 5.52 Å². The van der Waals surface area contributed by atoms with Crippen LogP contribution in [0.3, 0.4) is 0 Å². The van der Waals surface area contributed by atoms with Crippen molar-refractivity contribution in [3.8, 4) is 0 Å². The maximum atomic E-state index is 6.13. The summed E-state index contributed by atoms with van der Waals surface area (Å²) in [6.07, 6.45) is 3.45. The first-order valence-corrected chi connectivity index (χ1v) is 5.18. The van der Waals surface area contributed by atoms with Gasteiger partial charge in [-0.15, -0.1) is 0 Å². The first-order chi connectivity index (χ1) is 6.61. The molecular weight excluding hydrogens is 219 g/mol. The highest BCUT2D eigenvalue weighted by Crippen LogP contribution is 2.32. The zero-order valence-electron chi connectivity index (χ0n) is 7.96. The molecule has 0 saturated carbocycles. The highest BCUT2D eigenvalue weighted by atomic mass is 35.5. The number of hydrogen-bond donors (Lipinski definition) is 0. The van der Waals surface area contributed by atoms with Gasteiger partial charge in [-0.05, 0) is 12.0 Å². The summed E-state index contributed by atoms with van der Waals surface area (Å²) in [5, 5.41) is 5.52. The maximum Gasteiger partial charge on any atom is 0.0897 e. The lowest BCUT2D eigenvalue weighted by Crippen LogP contribution is -1.96. The standard InChI is InChI=1S/C10H10Cl2N2/c1-6(2)9-7(11)3-4-14-10(9)8(12)5-13-14/h3-6H,1-2H3. The predicted octanol–water partition coefficient (Wildman–Crippen LogP) is 3.76. The summed E-state index contributed by atoms with van der Waals surface area (Å²) in [5.74, 6) is 0.334. The van der Waals surface area contributed by atoms with Gasteiger partial charge in [-0.1, -0.05) is 37.0 Å². The van der Waals surface area contributed by atoms with Crippen molar-refractivity contribution in [1.29, 1.82) is 0 Å². The Bertz CT molecular complexity index is 474. The van der Waals surface area contributed by atoms with E-state index in [4.69, 9.17) is 23.2 Å². The zero-order chi connectivity index (χ0) is 10.3. The van der Waals surface area contributed by atoms with Crippen molar-refractivity contribution < 1.29 is 0 Å². The minimum atomic E-state index is 0.334. The monoisotopic (exact) mass is 228 g/mol. The van der Waals surface area contributed by atoms with E-state index in [-0.39, 0.29) is 0 Å². The third-order valence-corrected chi connectivity index (χ3v) is 2.81. The van der Waals surface area contributed by atoms with Crippen LogP contribution >= 0.6 is 23.2 Å². The van der Waals surface area contributed by atoms with Gasteiger partial charge in [-0.25, -0.2) is 4.52 Å². The number of aromatic nitrogens is 2. The fraction of sp³-hybridized carbons (Fsp3) is 0.300. The molecule has 14 heavy (non-hydrogen) atoms. The molecule has 0 amide bonds. The fourth-order valence-electron chi connectivity index (χ4n) is 1.59. The summed E-state index contributed by atoms with van der Waals surface area (Å²) in [5.41, 5.74) is 1.96. The van der Waals surface area contributed by atoms with E-state index in [1.54, 1.807) is 10.7 Å². The fourth-order valence-corrected chi connectivity index (χ4v) is 2.19. The van der Waals surface area contributed by atoms with E-state index in [1.807, 2.05) is 12.3 Å². The summed E-state index contributed by atoms with van der Waals surface area (Å²) >= 11 is 12.2. The Kier molecular flexibility index (Phi) is 2.41. The largest absolute Gasteiger partial charge is 0.239 e. The molecule has 0 atom stereocenters. The van der Waals surface area contributed by atoms with E-state index in [1.165, 1.54) is 0 Å². The lowest BCUT2D eigenvalue weighted by molar-refractivity contribution is 0.854. The summed E-state index contributed by atoms with van der Waals surface area (Å²) < 4.78 is 1.75. The molecule has 2 aromatic rings. The van der Waals surface area contributed by atoms with E-state index in [0.717, 1.165) is 16.1 Å². The average molecular weight is 229 g/mol. The number of fused-ring (bicyclic) bond motifs is 1. The molecular formula is C10H10Cl2N2. The molecule has 0 saturated heterocycles. The molecule has 0 radical (unpaired) electrons. The summed E-state index contributed by atoms with van der Waals surface area (Å²) in [4.78, 5) is 0. The van der Waals surface area contributed by atoms with Gasteiger partial charge in [0.15, 0.2) is 0 Å². The van der Waals surface area contributed by atoms with Gasteiger partial charge in [-0.3, -0.25) is 0 Å². The Hall–Kier alpha value is -0.730. The van der Waals surface area contributed by atoms with Crippen LogP contribution < -0.4 is 0 Å². The molecule has 2 nitrogen and oxygen atoms in total. The molecule has 0 fully saturated rings. The maximum absolute atomic E-state index is 6.13. The number of rotatable bonds is 1.